The monoisotopic (exact) mass is 435 g/mol. The molecule has 1 atom stereocenters. The molecule has 0 spiro atoms. The maximum atomic E-state index is 12.8. The van der Waals surface area contributed by atoms with Gasteiger partial charge in [0.1, 0.15) is 17.1 Å². The highest BCUT2D eigenvalue weighted by Gasteiger charge is 2.28. The van der Waals surface area contributed by atoms with Crippen LogP contribution in [0, 0.1) is 0 Å². The number of fused-ring (bicyclic) bond motifs is 1. The zero-order chi connectivity index (χ0) is 22.9. The first-order chi connectivity index (χ1) is 15.3. The van der Waals surface area contributed by atoms with Gasteiger partial charge in [-0.3, -0.25) is 14.7 Å². The van der Waals surface area contributed by atoms with E-state index in [0.29, 0.717) is 17.7 Å². The Morgan fingerprint density at radius 2 is 1.94 bits per heavy atom. The molecule has 0 saturated carbocycles. The highest BCUT2D eigenvalue weighted by atomic mass is 16.5. The van der Waals surface area contributed by atoms with Crippen molar-refractivity contribution in [2.75, 3.05) is 7.11 Å². The standard InChI is InChI=1S/C25H29N3O4/c1-25(2)11-10-17-12-15(4-9-21(17)32-25)13-20-23(24(30)28-27-20)19(14-22(26)29)16-5-7-18(31-3)8-6-16/h4-9,12,19H,10-11,13-14H2,1-3H3,(H2,26,29)(H2,27,28,30)/t19-/m1/s1. The summed E-state index contributed by atoms with van der Waals surface area (Å²) < 4.78 is 11.3. The predicted octanol–water partition coefficient (Wildman–Crippen LogP) is 3.41. The van der Waals surface area contributed by atoms with Crippen molar-refractivity contribution >= 4 is 5.91 Å². The van der Waals surface area contributed by atoms with Crippen molar-refractivity contribution in [1.82, 2.24) is 10.2 Å². The fraction of sp³-hybridized carbons (Fsp3) is 0.360. The molecule has 0 bridgehead atoms. The van der Waals surface area contributed by atoms with E-state index in [9.17, 15) is 9.59 Å². The summed E-state index contributed by atoms with van der Waals surface area (Å²) in [5, 5.41) is 5.71. The molecular formula is C25H29N3O4. The molecule has 0 unspecified atom stereocenters. The van der Waals surface area contributed by atoms with Crippen LogP contribution in [0.4, 0.5) is 0 Å². The molecule has 1 aliphatic heterocycles. The molecule has 1 aliphatic rings. The van der Waals surface area contributed by atoms with Crippen LogP contribution in [0.2, 0.25) is 0 Å². The number of hydrogen-bond acceptors (Lipinski definition) is 4. The number of ether oxygens (including phenoxy) is 2. The van der Waals surface area contributed by atoms with Crippen molar-refractivity contribution in [3.63, 3.8) is 0 Å². The molecule has 0 fully saturated rings. The minimum atomic E-state index is -0.467. The number of aryl methyl sites for hydroxylation is 1. The predicted molar refractivity (Wildman–Crippen MR) is 122 cm³/mol. The summed E-state index contributed by atoms with van der Waals surface area (Å²) in [6.07, 6.45) is 2.46. The molecule has 168 valence electrons. The number of carbonyl (C=O) groups excluding carboxylic acids is 1. The SMILES string of the molecule is COc1ccc([C@@H](CC(N)=O)c2c(Cc3ccc4c(c3)CCC(C)(C)O4)[nH][nH]c2=O)cc1. The number of aromatic nitrogens is 2. The number of carbonyl (C=O) groups is 1. The third kappa shape index (κ3) is 4.56. The Kier molecular flexibility index (Phi) is 5.82. The van der Waals surface area contributed by atoms with Gasteiger partial charge < -0.3 is 20.3 Å². The normalized spacial score (nSPS) is 15.5. The van der Waals surface area contributed by atoms with Crippen molar-refractivity contribution in [2.24, 2.45) is 5.73 Å². The Hall–Kier alpha value is -3.48. The van der Waals surface area contributed by atoms with Gasteiger partial charge in [0, 0.05) is 30.0 Å². The van der Waals surface area contributed by atoms with Crippen molar-refractivity contribution in [2.45, 2.75) is 51.0 Å². The van der Waals surface area contributed by atoms with Gasteiger partial charge in [0.05, 0.1) is 7.11 Å². The molecule has 7 nitrogen and oxygen atoms in total. The van der Waals surface area contributed by atoms with Gasteiger partial charge in [-0.2, -0.15) is 0 Å². The van der Waals surface area contributed by atoms with E-state index in [1.807, 2.05) is 36.4 Å². The van der Waals surface area contributed by atoms with Crippen molar-refractivity contribution in [3.8, 4) is 11.5 Å². The lowest BCUT2D eigenvalue weighted by molar-refractivity contribution is -0.118. The third-order valence-corrected chi connectivity index (χ3v) is 6.06. The maximum Gasteiger partial charge on any atom is 0.267 e. The number of nitrogens with one attached hydrogen (secondary N) is 2. The van der Waals surface area contributed by atoms with E-state index in [1.165, 1.54) is 5.56 Å². The highest BCUT2D eigenvalue weighted by molar-refractivity contribution is 5.75. The van der Waals surface area contributed by atoms with E-state index in [0.717, 1.165) is 35.4 Å². The minimum absolute atomic E-state index is 0.0351. The summed E-state index contributed by atoms with van der Waals surface area (Å²) in [7, 11) is 1.59. The fourth-order valence-electron chi connectivity index (χ4n) is 4.36. The number of aromatic amines is 2. The van der Waals surface area contributed by atoms with Crippen LogP contribution in [0.3, 0.4) is 0 Å². The second kappa shape index (κ2) is 8.57. The lowest BCUT2D eigenvalue weighted by Gasteiger charge is -2.32. The molecule has 4 N–H and O–H groups in total. The number of amides is 1. The van der Waals surface area contributed by atoms with Crippen LogP contribution in [0.25, 0.3) is 0 Å². The number of hydrogen-bond donors (Lipinski definition) is 3. The molecule has 0 saturated heterocycles. The van der Waals surface area contributed by atoms with E-state index >= 15 is 0 Å². The summed E-state index contributed by atoms with van der Waals surface area (Å²) in [6, 6.07) is 13.5. The maximum absolute atomic E-state index is 12.8. The van der Waals surface area contributed by atoms with Crippen LogP contribution in [-0.2, 0) is 17.6 Å². The van der Waals surface area contributed by atoms with Gasteiger partial charge in [0.15, 0.2) is 0 Å². The molecule has 2 aromatic carbocycles. The van der Waals surface area contributed by atoms with Crippen molar-refractivity contribution in [3.05, 3.63) is 80.8 Å². The van der Waals surface area contributed by atoms with E-state index in [1.54, 1.807) is 7.11 Å². The quantitative estimate of drug-likeness (QED) is 0.528. The Bertz CT molecular complexity index is 1170. The van der Waals surface area contributed by atoms with Crippen LogP contribution >= 0.6 is 0 Å². The minimum Gasteiger partial charge on any atom is -0.497 e. The Morgan fingerprint density at radius 1 is 1.19 bits per heavy atom. The summed E-state index contributed by atoms with van der Waals surface area (Å²) in [5.41, 5.74) is 9.48. The van der Waals surface area contributed by atoms with E-state index in [4.69, 9.17) is 15.2 Å². The largest absolute Gasteiger partial charge is 0.497 e. The zero-order valence-corrected chi connectivity index (χ0v) is 18.7. The Labute approximate surface area is 186 Å². The topological polar surface area (TPSA) is 110 Å². The zero-order valence-electron chi connectivity index (χ0n) is 18.7. The number of H-pyrrole nitrogens is 2. The average molecular weight is 436 g/mol. The lowest BCUT2D eigenvalue weighted by atomic mass is 9.86. The van der Waals surface area contributed by atoms with Gasteiger partial charge >= 0.3 is 0 Å². The summed E-state index contributed by atoms with van der Waals surface area (Å²) in [4.78, 5) is 24.6. The molecule has 3 aromatic rings. The van der Waals surface area contributed by atoms with E-state index in [2.05, 4.69) is 30.1 Å². The van der Waals surface area contributed by atoms with E-state index in [-0.39, 0.29) is 17.6 Å². The number of primary amides is 1. The van der Waals surface area contributed by atoms with Crippen molar-refractivity contribution < 1.29 is 14.3 Å². The lowest BCUT2D eigenvalue weighted by Crippen LogP contribution is -2.32. The molecule has 0 radical (unpaired) electrons. The summed E-state index contributed by atoms with van der Waals surface area (Å²) >= 11 is 0. The van der Waals surface area contributed by atoms with Crippen LogP contribution in [-0.4, -0.2) is 28.8 Å². The number of benzene rings is 2. The second-order valence-corrected chi connectivity index (χ2v) is 8.95. The fourth-order valence-corrected chi connectivity index (χ4v) is 4.36. The van der Waals surface area contributed by atoms with Crippen LogP contribution in [0.5, 0.6) is 11.5 Å². The second-order valence-electron chi connectivity index (χ2n) is 8.95. The molecule has 1 amide bonds. The molecule has 1 aromatic heterocycles. The van der Waals surface area contributed by atoms with Gasteiger partial charge in [0.25, 0.3) is 5.56 Å². The van der Waals surface area contributed by atoms with Gasteiger partial charge in [-0.05, 0) is 61.6 Å². The third-order valence-electron chi connectivity index (χ3n) is 6.06. The molecule has 32 heavy (non-hydrogen) atoms. The molecule has 0 aliphatic carbocycles. The van der Waals surface area contributed by atoms with Crippen molar-refractivity contribution in [1.29, 1.82) is 0 Å². The molecular weight excluding hydrogens is 406 g/mol. The average Bonchev–Trinajstić information content (AvgIpc) is 3.11. The first-order valence-corrected chi connectivity index (χ1v) is 10.8. The molecule has 4 rings (SSSR count). The Balaban J connectivity index is 1.67. The molecule has 2 heterocycles. The number of methoxy groups -OCH3 is 1. The summed E-state index contributed by atoms with van der Waals surface area (Å²) in [5.74, 6) is 0.697. The highest BCUT2D eigenvalue weighted by Crippen LogP contribution is 2.35. The number of rotatable bonds is 7. The van der Waals surface area contributed by atoms with Gasteiger partial charge in [-0.1, -0.05) is 24.3 Å². The van der Waals surface area contributed by atoms with E-state index < -0.39 is 11.8 Å². The first kappa shape index (κ1) is 21.7. The Morgan fingerprint density at radius 3 is 2.62 bits per heavy atom. The van der Waals surface area contributed by atoms with Crippen LogP contribution in [0.15, 0.2) is 47.3 Å². The van der Waals surface area contributed by atoms with Crippen LogP contribution in [0.1, 0.15) is 60.6 Å². The van der Waals surface area contributed by atoms with Gasteiger partial charge in [-0.25, -0.2) is 0 Å². The van der Waals surface area contributed by atoms with Gasteiger partial charge in [-0.15, -0.1) is 0 Å². The summed E-state index contributed by atoms with van der Waals surface area (Å²) in [6.45, 7) is 4.19. The van der Waals surface area contributed by atoms with Gasteiger partial charge in [0.2, 0.25) is 5.91 Å². The molecule has 7 heteroatoms. The smallest absolute Gasteiger partial charge is 0.267 e. The number of nitrogens with two attached hydrogens (primary N) is 1. The van der Waals surface area contributed by atoms with Crippen LogP contribution < -0.4 is 20.8 Å². The first-order valence-electron chi connectivity index (χ1n) is 10.8.